The smallest absolute Gasteiger partial charge is 0.184 e. The van der Waals surface area contributed by atoms with Crippen LogP contribution in [0.3, 0.4) is 0 Å². The fraction of sp³-hybridized carbons (Fsp3) is 0. The molecule has 0 saturated carbocycles. The van der Waals surface area contributed by atoms with Gasteiger partial charge in [0.25, 0.3) is 0 Å². The van der Waals surface area contributed by atoms with Gasteiger partial charge >= 0.3 is 0 Å². The first-order valence-corrected chi connectivity index (χ1v) is 7.69. The van der Waals surface area contributed by atoms with Crippen LogP contribution in [-0.4, -0.2) is 4.98 Å². The fourth-order valence-electron chi connectivity index (χ4n) is 2.17. The lowest BCUT2D eigenvalue weighted by atomic mass is 10.1. The van der Waals surface area contributed by atoms with Gasteiger partial charge in [-0.25, -0.2) is 4.98 Å². The SMILES string of the molecule is Clc1nc2c(Cl)c3sc4ccccc4c3cc2s1. The van der Waals surface area contributed by atoms with Crippen molar-refractivity contribution < 1.29 is 0 Å². The van der Waals surface area contributed by atoms with Crippen molar-refractivity contribution in [3.63, 3.8) is 0 Å². The Labute approximate surface area is 121 Å². The van der Waals surface area contributed by atoms with Gasteiger partial charge in [0, 0.05) is 15.5 Å². The summed E-state index contributed by atoms with van der Waals surface area (Å²) in [5, 5.41) is 3.14. The molecule has 2 heterocycles. The molecule has 1 nitrogen and oxygen atoms in total. The second-order valence-electron chi connectivity index (χ2n) is 3.98. The minimum atomic E-state index is 0.536. The fourth-order valence-corrected chi connectivity index (χ4v) is 4.78. The molecule has 0 unspecified atom stereocenters. The molecule has 5 heteroatoms. The molecule has 0 N–H and O–H groups in total. The van der Waals surface area contributed by atoms with E-state index in [0.29, 0.717) is 9.49 Å². The van der Waals surface area contributed by atoms with Crippen LogP contribution in [0.5, 0.6) is 0 Å². The molecular weight excluding hydrogens is 305 g/mol. The molecule has 88 valence electrons. The molecule has 0 spiro atoms. The Morgan fingerprint density at radius 3 is 2.67 bits per heavy atom. The van der Waals surface area contributed by atoms with Crippen LogP contribution in [0.4, 0.5) is 0 Å². The minimum Gasteiger partial charge on any atom is -0.223 e. The Kier molecular flexibility index (Phi) is 2.33. The number of hydrogen-bond donors (Lipinski definition) is 0. The van der Waals surface area contributed by atoms with E-state index in [2.05, 4.69) is 23.2 Å². The second-order valence-corrected chi connectivity index (χ2v) is 7.02. The lowest BCUT2D eigenvalue weighted by Gasteiger charge is -1.95. The molecule has 2 aromatic carbocycles. The van der Waals surface area contributed by atoms with Crippen molar-refractivity contribution in [3.05, 3.63) is 39.8 Å². The normalized spacial score (nSPS) is 11.9. The van der Waals surface area contributed by atoms with Crippen molar-refractivity contribution in [2.24, 2.45) is 0 Å². The van der Waals surface area contributed by atoms with Gasteiger partial charge in [-0.05, 0) is 12.1 Å². The lowest BCUT2D eigenvalue weighted by molar-refractivity contribution is 1.51. The summed E-state index contributed by atoms with van der Waals surface area (Å²) in [6.45, 7) is 0. The van der Waals surface area contributed by atoms with E-state index in [0.717, 1.165) is 14.9 Å². The van der Waals surface area contributed by atoms with E-state index in [-0.39, 0.29) is 0 Å². The average molecular weight is 310 g/mol. The van der Waals surface area contributed by atoms with Gasteiger partial charge in [-0.2, -0.15) is 0 Å². The molecule has 0 aliphatic rings. The summed E-state index contributed by atoms with van der Waals surface area (Å²) >= 11 is 15.6. The predicted octanol–water partition coefficient (Wildman–Crippen LogP) is 5.97. The largest absolute Gasteiger partial charge is 0.223 e. The number of rotatable bonds is 0. The molecule has 0 amide bonds. The van der Waals surface area contributed by atoms with E-state index < -0.39 is 0 Å². The zero-order valence-corrected chi connectivity index (χ0v) is 12.1. The topological polar surface area (TPSA) is 12.9 Å². The highest BCUT2D eigenvalue weighted by Crippen LogP contribution is 2.43. The standard InChI is InChI=1S/C13H5Cl2NS2/c14-10-11-9(18-13(15)16-11)5-7-6-3-1-2-4-8(6)17-12(7)10/h1-5H. The Morgan fingerprint density at radius 2 is 1.78 bits per heavy atom. The summed E-state index contributed by atoms with van der Waals surface area (Å²) in [6.07, 6.45) is 0. The van der Waals surface area contributed by atoms with Gasteiger partial charge in [0.1, 0.15) is 5.52 Å². The number of halogens is 2. The zero-order valence-electron chi connectivity index (χ0n) is 8.91. The van der Waals surface area contributed by atoms with Crippen molar-refractivity contribution >= 4 is 76.3 Å². The summed E-state index contributed by atoms with van der Waals surface area (Å²) in [5.41, 5.74) is 0.811. The maximum absolute atomic E-state index is 6.46. The Bertz CT molecular complexity index is 907. The van der Waals surface area contributed by atoms with E-state index in [1.165, 1.54) is 26.8 Å². The van der Waals surface area contributed by atoms with Gasteiger partial charge in [-0.15, -0.1) is 22.7 Å². The molecule has 0 atom stereocenters. The molecule has 4 rings (SSSR count). The second kappa shape index (κ2) is 3.81. The summed E-state index contributed by atoms with van der Waals surface area (Å²) in [6, 6.07) is 10.5. The van der Waals surface area contributed by atoms with Crippen molar-refractivity contribution in [1.82, 2.24) is 4.98 Å². The molecule has 0 fully saturated rings. The van der Waals surface area contributed by atoms with Crippen LogP contribution in [0.1, 0.15) is 0 Å². The van der Waals surface area contributed by atoms with Gasteiger partial charge in [0.05, 0.1) is 14.4 Å². The van der Waals surface area contributed by atoms with Crippen LogP contribution < -0.4 is 0 Å². The molecule has 18 heavy (non-hydrogen) atoms. The van der Waals surface area contributed by atoms with E-state index in [9.17, 15) is 0 Å². The molecular formula is C13H5Cl2NS2. The third-order valence-corrected chi connectivity index (χ3v) is 5.73. The molecule has 0 aliphatic heterocycles. The monoisotopic (exact) mass is 309 g/mol. The van der Waals surface area contributed by atoms with Crippen LogP contribution in [0, 0.1) is 0 Å². The Hall–Kier alpha value is -0.870. The van der Waals surface area contributed by atoms with Gasteiger partial charge in [-0.1, -0.05) is 41.4 Å². The first kappa shape index (κ1) is 11.0. The van der Waals surface area contributed by atoms with Crippen molar-refractivity contribution in [2.75, 3.05) is 0 Å². The van der Waals surface area contributed by atoms with Crippen LogP contribution in [-0.2, 0) is 0 Å². The first-order valence-electron chi connectivity index (χ1n) is 5.30. The first-order chi connectivity index (χ1) is 8.74. The third-order valence-electron chi connectivity index (χ3n) is 2.94. The summed E-state index contributed by atoms with van der Waals surface area (Å²) in [7, 11) is 0. The molecule has 0 saturated heterocycles. The molecule has 2 aromatic heterocycles. The van der Waals surface area contributed by atoms with E-state index >= 15 is 0 Å². The third kappa shape index (κ3) is 1.42. The van der Waals surface area contributed by atoms with E-state index in [1.807, 2.05) is 12.1 Å². The molecule has 0 bridgehead atoms. The molecule has 0 radical (unpaired) electrons. The van der Waals surface area contributed by atoms with Crippen molar-refractivity contribution in [3.8, 4) is 0 Å². The number of hydrogen-bond acceptors (Lipinski definition) is 3. The predicted molar refractivity (Wildman–Crippen MR) is 82.5 cm³/mol. The Balaban J connectivity index is 2.31. The number of thiazole rings is 1. The number of thiophene rings is 1. The van der Waals surface area contributed by atoms with Crippen LogP contribution in [0.2, 0.25) is 9.49 Å². The van der Waals surface area contributed by atoms with E-state index in [1.54, 1.807) is 11.3 Å². The van der Waals surface area contributed by atoms with Gasteiger partial charge in [-0.3, -0.25) is 0 Å². The maximum Gasteiger partial charge on any atom is 0.184 e. The summed E-state index contributed by atoms with van der Waals surface area (Å²) < 4.78 is 3.92. The summed E-state index contributed by atoms with van der Waals surface area (Å²) in [4.78, 5) is 4.29. The van der Waals surface area contributed by atoms with Crippen molar-refractivity contribution in [1.29, 1.82) is 0 Å². The van der Waals surface area contributed by atoms with Crippen LogP contribution >= 0.6 is 45.9 Å². The van der Waals surface area contributed by atoms with Crippen LogP contribution in [0.25, 0.3) is 30.4 Å². The van der Waals surface area contributed by atoms with Gasteiger partial charge < -0.3 is 0 Å². The van der Waals surface area contributed by atoms with Crippen LogP contribution in [0.15, 0.2) is 30.3 Å². The van der Waals surface area contributed by atoms with Gasteiger partial charge in [0.15, 0.2) is 4.47 Å². The maximum atomic E-state index is 6.46. The highest BCUT2D eigenvalue weighted by Gasteiger charge is 2.14. The Morgan fingerprint density at radius 1 is 0.944 bits per heavy atom. The average Bonchev–Trinajstić information content (AvgIpc) is 2.91. The number of nitrogens with zero attached hydrogens (tertiary/aromatic N) is 1. The number of benzene rings is 2. The zero-order chi connectivity index (χ0) is 12.3. The quantitative estimate of drug-likeness (QED) is 0.390. The highest BCUT2D eigenvalue weighted by molar-refractivity contribution is 7.27. The van der Waals surface area contributed by atoms with Crippen molar-refractivity contribution in [2.45, 2.75) is 0 Å². The minimum absolute atomic E-state index is 0.536. The highest BCUT2D eigenvalue weighted by atomic mass is 35.5. The lowest BCUT2D eigenvalue weighted by Crippen LogP contribution is -1.72. The molecule has 4 aromatic rings. The van der Waals surface area contributed by atoms with E-state index in [4.69, 9.17) is 23.2 Å². The molecule has 0 aliphatic carbocycles. The van der Waals surface area contributed by atoms with Gasteiger partial charge in [0.2, 0.25) is 0 Å². The summed E-state index contributed by atoms with van der Waals surface area (Å²) in [5.74, 6) is 0. The number of fused-ring (bicyclic) bond motifs is 4. The number of aromatic nitrogens is 1.